The quantitative estimate of drug-likeness (QED) is 0.783. The monoisotopic (exact) mass is 193 g/mol. The van der Waals surface area contributed by atoms with E-state index in [-0.39, 0.29) is 5.41 Å². The molecule has 1 aromatic rings. The van der Waals surface area contributed by atoms with Gasteiger partial charge in [0.25, 0.3) is 0 Å². The van der Waals surface area contributed by atoms with Gasteiger partial charge in [0.1, 0.15) is 11.6 Å². The van der Waals surface area contributed by atoms with Gasteiger partial charge in [0, 0.05) is 24.2 Å². The molecule has 0 spiro atoms. The van der Waals surface area contributed by atoms with Gasteiger partial charge in [-0.05, 0) is 6.42 Å². The molecule has 0 fully saturated rings. The number of hydrogen-bond acceptors (Lipinski definition) is 3. The molecule has 14 heavy (non-hydrogen) atoms. The number of nitrogens with one attached hydrogen (secondary N) is 1. The highest BCUT2D eigenvalue weighted by molar-refractivity contribution is 5.36. The SMILES string of the molecule is CCc1cc(NC)nc(C(C)(C)C)n1. The average molecular weight is 193 g/mol. The van der Waals surface area contributed by atoms with Crippen LogP contribution in [0.2, 0.25) is 0 Å². The first-order valence-corrected chi connectivity index (χ1v) is 5.03. The van der Waals surface area contributed by atoms with Gasteiger partial charge in [0.15, 0.2) is 0 Å². The highest BCUT2D eigenvalue weighted by Crippen LogP contribution is 2.20. The van der Waals surface area contributed by atoms with Gasteiger partial charge >= 0.3 is 0 Å². The van der Waals surface area contributed by atoms with Crippen LogP contribution >= 0.6 is 0 Å². The fourth-order valence-corrected chi connectivity index (χ4v) is 1.14. The summed E-state index contributed by atoms with van der Waals surface area (Å²) < 4.78 is 0. The molecule has 0 amide bonds. The number of hydrogen-bond donors (Lipinski definition) is 1. The van der Waals surface area contributed by atoms with E-state index in [4.69, 9.17) is 0 Å². The summed E-state index contributed by atoms with van der Waals surface area (Å²) >= 11 is 0. The third kappa shape index (κ3) is 2.44. The van der Waals surface area contributed by atoms with Gasteiger partial charge in [-0.2, -0.15) is 0 Å². The number of anilines is 1. The number of nitrogens with zero attached hydrogens (tertiary/aromatic N) is 2. The summed E-state index contributed by atoms with van der Waals surface area (Å²) in [6.07, 6.45) is 0.945. The average Bonchev–Trinajstić information content (AvgIpc) is 2.15. The fourth-order valence-electron chi connectivity index (χ4n) is 1.14. The lowest BCUT2D eigenvalue weighted by molar-refractivity contribution is 0.542. The van der Waals surface area contributed by atoms with Crippen LogP contribution < -0.4 is 5.32 Å². The Morgan fingerprint density at radius 1 is 1.29 bits per heavy atom. The van der Waals surface area contributed by atoms with Crippen molar-refractivity contribution in [3.63, 3.8) is 0 Å². The second-order valence-electron chi connectivity index (χ2n) is 4.42. The van der Waals surface area contributed by atoms with E-state index in [0.29, 0.717) is 0 Å². The van der Waals surface area contributed by atoms with Crippen LogP contribution in [0, 0.1) is 0 Å². The van der Waals surface area contributed by atoms with Gasteiger partial charge in [0.05, 0.1) is 0 Å². The van der Waals surface area contributed by atoms with E-state index >= 15 is 0 Å². The normalized spacial score (nSPS) is 11.5. The molecule has 0 aliphatic rings. The van der Waals surface area contributed by atoms with Crippen molar-refractivity contribution >= 4 is 5.82 Å². The van der Waals surface area contributed by atoms with Crippen LogP contribution in [0.4, 0.5) is 5.82 Å². The van der Waals surface area contributed by atoms with Crippen LogP contribution in [0.15, 0.2) is 6.07 Å². The van der Waals surface area contributed by atoms with E-state index in [2.05, 4.69) is 43.0 Å². The summed E-state index contributed by atoms with van der Waals surface area (Å²) in [7, 11) is 1.88. The molecule has 1 aromatic heterocycles. The van der Waals surface area contributed by atoms with Gasteiger partial charge in [0.2, 0.25) is 0 Å². The van der Waals surface area contributed by atoms with E-state index in [1.54, 1.807) is 0 Å². The van der Waals surface area contributed by atoms with Gasteiger partial charge in [-0.3, -0.25) is 0 Å². The third-order valence-electron chi connectivity index (χ3n) is 2.07. The Labute approximate surface area is 86.0 Å². The van der Waals surface area contributed by atoms with Crippen molar-refractivity contribution in [2.45, 2.75) is 39.5 Å². The molecule has 0 unspecified atom stereocenters. The summed E-state index contributed by atoms with van der Waals surface area (Å²) in [5, 5.41) is 3.06. The molecule has 1 N–H and O–H groups in total. The Morgan fingerprint density at radius 2 is 1.93 bits per heavy atom. The number of rotatable bonds is 2. The van der Waals surface area contributed by atoms with Crippen molar-refractivity contribution in [3.05, 3.63) is 17.6 Å². The van der Waals surface area contributed by atoms with Crippen molar-refractivity contribution in [2.75, 3.05) is 12.4 Å². The molecule has 0 aliphatic heterocycles. The first-order chi connectivity index (χ1) is 6.47. The van der Waals surface area contributed by atoms with E-state index in [0.717, 1.165) is 23.8 Å². The first kappa shape index (κ1) is 11.0. The zero-order valence-electron chi connectivity index (χ0n) is 9.68. The molecule has 1 heterocycles. The molecule has 3 nitrogen and oxygen atoms in total. The molecule has 0 saturated heterocycles. The maximum atomic E-state index is 4.52. The minimum absolute atomic E-state index is 0.0107. The van der Waals surface area contributed by atoms with Gasteiger partial charge in [-0.25, -0.2) is 9.97 Å². The van der Waals surface area contributed by atoms with Crippen LogP contribution in [0.1, 0.15) is 39.2 Å². The molecule has 3 heteroatoms. The third-order valence-corrected chi connectivity index (χ3v) is 2.07. The van der Waals surface area contributed by atoms with E-state index in [9.17, 15) is 0 Å². The van der Waals surface area contributed by atoms with Crippen molar-refractivity contribution < 1.29 is 0 Å². The fraction of sp³-hybridized carbons (Fsp3) is 0.636. The standard InChI is InChI=1S/C11H19N3/c1-6-8-7-9(12-5)14-10(13-8)11(2,3)4/h7H,6H2,1-5H3,(H,12,13,14). The molecular formula is C11H19N3. The smallest absolute Gasteiger partial charge is 0.136 e. The maximum absolute atomic E-state index is 4.52. The molecule has 0 aliphatic carbocycles. The minimum atomic E-state index is 0.0107. The maximum Gasteiger partial charge on any atom is 0.136 e. The highest BCUT2D eigenvalue weighted by Gasteiger charge is 2.18. The minimum Gasteiger partial charge on any atom is -0.373 e. The van der Waals surface area contributed by atoms with Gasteiger partial charge in [-0.15, -0.1) is 0 Å². The van der Waals surface area contributed by atoms with E-state index in [1.165, 1.54) is 0 Å². The largest absolute Gasteiger partial charge is 0.373 e. The zero-order chi connectivity index (χ0) is 10.8. The van der Waals surface area contributed by atoms with Crippen LogP contribution in [-0.2, 0) is 11.8 Å². The first-order valence-electron chi connectivity index (χ1n) is 5.03. The molecule has 1 rings (SSSR count). The van der Waals surface area contributed by atoms with Crippen LogP contribution in [0.25, 0.3) is 0 Å². The molecule has 0 bridgehead atoms. The Bertz CT molecular complexity index is 291. The van der Waals surface area contributed by atoms with Crippen molar-refractivity contribution in [3.8, 4) is 0 Å². The van der Waals surface area contributed by atoms with Crippen molar-refractivity contribution in [2.24, 2.45) is 0 Å². The molecule has 0 atom stereocenters. The predicted molar refractivity (Wildman–Crippen MR) is 59.7 cm³/mol. The molecule has 78 valence electrons. The van der Waals surface area contributed by atoms with E-state index < -0.39 is 0 Å². The Balaban J connectivity index is 3.17. The highest BCUT2D eigenvalue weighted by atomic mass is 15.0. The van der Waals surface area contributed by atoms with Crippen molar-refractivity contribution in [1.82, 2.24) is 9.97 Å². The summed E-state index contributed by atoms with van der Waals surface area (Å²) in [5.41, 5.74) is 1.10. The lowest BCUT2D eigenvalue weighted by Crippen LogP contribution is -2.17. The van der Waals surface area contributed by atoms with Crippen molar-refractivity contribution in [1.29, 1.82) is 0 Å². The Hall–Kier alpha value is -1.12. The van der Waals surface area contributed by atoms with Crippen LogP contribution in [0.5, 0.6) is 0 Å². The second kappa shape index (κ2) is 3.95. The topological polar surface area (TPSA) is 37.8 Å². The lowest BCUT2D eigenvalue weighted by atomic mass is 9.95. The van der Waals surface area contributed by atoms with Crippen LogP contribution in [-0.4, -0.2) is 17.0 Å². The Morgan fingerprint density at radius 3 is 2.36 bits per heavy atom. The summed E-state index contributed by atoms with van der Waals surface area (Å²) in [6.45, 7) is 8.48. The van der Waals surface area contributed by atoms with Gasteiger partial charge < -0.3 is 5.32 Å². The predicted octanol–water partition coefficient (Wildman–Crippen LogP) is 2.38. The summed E-state index contributed by atoms with van der Waals surface area (Å²) in [5.74, 6) is 1.81. The summed E-state index contributed by atoms with van der Waals surface area (Å²) in [4.78, 5) is 8.97. The van der Waals surface area contributed by atoms with Crippen LogP contribution in [0.3, 0.4) is 0 Å². The molecule has 0 radical (unpaired) electrons. The zero-order valence-corrected chi connectivity index (χ0v) is 9.68. The summed E-state index contributed by atoms with van der Waals surface area (Å²) in [6, 6.07) is 2.00. The molecule has 0 saturated carbocycles. The lowest BCUT2D eigenvalue weighted by Gasteiger charge is -2.18. The number of aryl methyl sites for hydroxylation is 1. The molecule has 0 aromatic carbocycles. The molecular weight excluding hydrogens is 174 g/mol. The van der Waals surface area contributed by atoms with Gasteiger partial charge in [-0.1, -0.05) is 27.7 Å². The Kier molecular flexibility index (Phi) is 3.09. The second-order valence-corrected chi connectivity index (χ2v) is 4.42. The van der Waals surface area contributed by atoms with E-state index in [1.807, 2.05) is 13.1 Å². The number of aromatic nitrogens is 2.